The second-order valence-corrected chi connectivity index (χ2v) is 5.00. The summed E-state index contributed by atoms with van der Waals surface area (Å²) in [4.78, 5) is 14.1. The Morgan fingerprint density at radius 3 is 3.14 bits per heavy atom. The van der Waals surface area contributed by atoms with Crippen molar-refractivity contribution in [2.75, 3.05) is 26.2 Å². The fraction of sp³-hybridized carbons (Fsp3) is 0.467. The number of likely N-dealkylation sites (N-methyl/N-ethyl adjacent to an activating group) is 1. The number of carbonyl (C=O) groups is 1. The molecular formula is C15H19FN4O. The monoisotopic (exact) mass is 290 g/mol. The van der Waals surface area contributed by atoms with E-state index in [0.717, 1.165) is 6.54 Å². The molecule has 1 aromatic rings. The normalized spacial score (nSPS) is 19.0. The molecule has 112 valence electrons. The van der Waals surface area contributed by atoms with E-state index in [1.807, 2.05) is 11.8 Å². The summed E-state index contributed by atoms with van der Waals surface area (Å²) in [5.74, 6) is -0.409. The minimum absolute atomic E-state index is 0.0420. The van der Waals surface area contributed by atoms with Gasteiger partial charge in [-0.05, 0) is 30.7 Å². The number of nitrogens with zero attached hydrogens (tertiary/aromatic N) is 2. The van der Waals surface area contributed by atoms with Crippen LogP contribution in [0.4, 0.5) is 4.39 Å². The van der Waals surface area contributed by atoms with Gasteiger partial charge in [0.25, 0.3) is 0 Å². The second-order valence-electron chi connectivity index (χ2n) is 5.00. The molecule has 1 unspecified atom stereocenters. The van der Waals surface area contributed by atoms with Crippen LogP contribution in [-0.2, 0) is 11.3 Å². The molecule has 1 saturated heterocycles. The van der Waals surface area contributed by atoms with Crippen LogP contribution in [0.15, 0.2) is 18.2 Å². The summed E-state index contributed by atoms with van der Waals surface area (Å²) in [6.45, 7) is 4.86. The lowest BCUT2D eigenvalue weighted by Gasteiger charge is -2.35. The molecule has 0 bridgehead atoms. The number of nitrogens with one attached hydrogen (secondary N) is 2. The molecule has 0 spiro atoms. The van der Waals surface area contributed by atoms with Crippen molar-refractivity contribution in [3.63, 3.8) is 0 Å². The van der Waals surface area contributed by atoms with Crippen LogP contribution in [0.5, 0.6) is 0 Å². The number of hydrogen-bond acceptors (Lipinski definition) is 4. The van der Waals surface area contributed by atoms with Crippen molar-refractivity contribution in [2.24, 2.45) is 0 Å². The van der Waals surface area contributed by atoms with Gasteiger partial charge >= 0.3 is 0 Å². The third kappa shape index (κ3) is 3.78. The first-order valence-corrected chi connectivity index (χ1v) is 7.06. The van der Waals surface area contributed by atoms with Crippen molar-refractivity contribution in [1.29, 1.82) is 5.26 Å². The molecule has 2 rings (SSSR count). The van der Waals surface area contributed by atoms with Crippen LogP contribution in [0.1, 0.15) is 18.1 Å². The predicted molar refractivity (Wildman–Crippen MR) is 76.9 cm³/mol. The fourth-order valence-electron chi connectivity index (χ4n) is 2.51. The fourth-order valence-corrected chi connectivity index (χ4v) is 2.51. The molecule has 1 aliphatic rings. The Bertz CT molecular complexity index is 555. The summed E-state index contributed by atoms with van der Waals surface area (Å²) in [6.07, 6.45) is 0. The third-order valence-corrected chi connectivity index (χ3v) is 3.57. The Balaban J connectivity index is 2.18. The van der Waals surface area contributed by atoms with Gasteiger partial charge in [0.2, 0.25) is 5.91 Å². The van der Waals surface area contributed by atoms with Crippen molar-refractivity contribution in [3.8, 4) is 6.07 Å². The van der Waals surface area contributed by atoms with Gasteiger partial charge in [-0.25, -0.2) is 4.39 Å². The van der Waals surface area contributed by atoms with Gasteiger partial charge in [-0.1, -0.05) is 0 Å². The van der Waals surface area contributed by atoms with Gasteiger partial charge in [-0.15, -0.1) is 0 Å². The molecule has 1 atom stereocenters. The van der Waals surface area contributed by atoms with Crippen molar-refractivity contribution in [3.05, 3.63) is 35.1 Å². The van der Waals surface area contributed by atoms with Gasteiger partial charge in [0, 0.05) is 32.7 Å². The van der Waals surface area contributed by atoms with E-state index in [0.29, 0.717) is 37.3 Å². The number of piperazine rings is 1. The van der Waals surface area contributed by atoms with E-state index in [1.54, 1.807) is 0 Å². The lowest BCUT2D eigenvalue weighted by Crippen LogP contribution is -2.57. The highest BCUT2D eigenvalue weighted by molar-refractivity contribution is 5.82. The maximum absolute atomic E-state index is 13.4. The molecule has 2 N–H and O–H groups in total. The molecule has 1 aromatic carbocycles. The van der Waals surface area contributed by atoms with Crippen LogP contribution in [0.25, 0.3) is 0 Å². The van der Waals surface area contributed by atoms with Gasteiger partial charge in [0.1, 0.15) is 11.9 Å². The van der Waals surface area contributed by atoms with E-state index in [9.17, 15) is 9.18 Å². The highest BCUT2D eigenvalue weighted by atomic mass is 19.1. The molecule has 0 radical (unpaired) electrons. The quantitative estimate of drug-likeness (QED) is 0.852. The lowest BCUT2D eigenvalue weighted by atomic mass is 10.1. The summed E-state index contributed by atoms with van der Waals surface area (Å²) >= 11 is 0. The number of hydrogen-bond donors (Lipinski definition) is 2. The van der Waals surface area contributed by atoms with Gasteiger partial charge in [-0.2, -0.15) is 5.26 Å². The first kappa shape index (κ1) is 15.4. The summed E-state index contributed by atoms with van der Waals surface area (Å²) in [7, 11) is 0. The highest BCUT2D eigenvalue weighted by Gasteiger charge is 2.28. The van der Waals surface area contributed by atoms with Gasteiger partial charge in [0.15, 0.2) is 0 Å². The number of amides is 1. The number of halogens is 1. The smallest absolute Gasteiger partial charge is 0.238 e. The molecule has 1 aliphatic heterocycles. The zero-order chi connectivity index (χ0) is 15.2. The SMILES string of the molecule is CCNC(=O)C1CNCCN1Cc1cc(F)ccc1C#N. The van der Waals surface area contributed by atoms with Gasteiger partial charge in [0.05, 0.1) is 11.6 Å². The molecule has 21 heavy (non-hydrogen) atoms. The standard InChI is InChI=1S/C15H19FN4O/c1-2-19-15(21)14-9-18-5-6-20(14)10-12-7-13(16)4-3-11(12)8-17/h3-4,7,14,18H,2,5-6,9-10H2,1H3,(H,19,21). The maximum atomic E-state index is 13.4. The Morgan fingerprint density at radius 1 is 1.62 bits per heavy atom. The molecule has 1 fully saturated rings. The van der Waals surface area contributed by atoms with E-state index in [-0.39, 0.29) is 17.8 Å². The third-order valence-electron chi connectivity index (χ3n) is 3.57. The minimum atomic E-state index is -0.367. The Morgan fingerprint density at radius 2 is 2.43 bits per heavy atom. The highest BCUT2D eigenvalue weighted by Crippen LogP contribution is 2.16. The average molecular weight is 290 g/mol. The molecule has 1 amide bonds. The van der Waals surface area contributed by atoms with Crippen molar-refractivity contribution < 1.29 is 9.18 Å². The van der Waals surface area contributed by atoms with Crippen LogP contribution in [0.3, 0.4) is 0 Å². The number of nitriles is 1. The van der Waals surface area contributed by atoms with Crippen LogP contribution in [0.2, 0.25) is 0 Å². The lowest BCUT2D eigenvalue weighted by molar-refractivity contribution is -0.127. The van der Waals surface area contributed by atoms with E-state index in [4.69, 9.17) is 5.26 Å². The van der Waals surface area contributed by atoms with Crippen LogP contribution < -0.4 is 10.6 Å². The topological polar surface area (TPSA) is 68.2 Å². The number of rotatable bonds is 4. The number of carbonyl (C=O) groups excluding carboxylic acids is 1. The van der Waals surface area contributed by atoms with Crippen LogP contribution >= 0.6 is 0 Å². The molecule has 0 saturated carbocycles. The molecule has 0 aliphatic carbocycles. The summed E-state index contributed by atoms with van der Waals surface area (Å²) < 4.78 is 13.4. The number of benzene rings is 1. The first-order chi connectivity index (χ1) is 10.2. The van der Waals surface area contributed by atoms with E-state index < -0.39 is 0 Å². The van der Waals surface area contributed by atoms with Gasteiger partial charge < -0.3 is 10.6 Å². The minimum Gasteiger partial charge on any atom is -0.355 e. The van der Waals surface area contributed by atoms with Crippen molar-refractivity contribution >= 4 is 5.91 Å². The van der Waals surface area contributed by atoms with Crippen LogP contribution in [0, 0.1) is 17.1 Å². The van der Waals surface area contributed by atoms with E-state index in [1.165, 1.54) is 18.2 Å². The zero-order valence-corrected chi connectivity index (χ0v) is 12.0. The molecular weight excluding hydrogens is 271 g/mol. The molecule has 6 heteroatoms. The molecule has 1 heterocycles. The van der Waals surface area contributed by atoms with Gasteiger partial charge in [-0.3, -0.25) is 9.69 Å². The summed E-state index contributed by atoms with van der Waals surface area (Å²) in [5, 5.41) is 15.1. The maximum Gasteiger partial charge on any atom is 0.238 e. The van der Waals surface area contributed by atoms with E-state index in [2.05, 4.69) is 16.7 Å². The average Bonchev–Trinajstić information content (AvgIpc) is 2.48. The Kier molecular flexibility index (Phi) is 5.26. The Hall–Kier alpha value is -1.97. The van der Waals surface area contributed by atoms with E-state index >= 15 is 0 Å². The zero-order valence-electron chi connectivity index (χ0n) is 12.0. The Labute approximate surface area is 123 Å². The summed E-state index contributed by atoms with van der Waals surface area (Å²) in [5.41, 5.74) is 1.07. The van der Waals surface area contributed by atoms with Crippen LogP contribution in [-0.4, -0.2) is 43.0 Å². The van der Waals surface area contributed by atoms with Crippen molar-refractivity contribution in [2.45, 2.75) is 19.5 Å². The molecule has 5 nitrogen and oxygen atoms in total. The molecule has 0 aromatic heterocycles. The summed E-state index contributed by atoms with van der Waals surface area (Å²) in [6, 6.07) is 5.90. The van der Waals surface area contributed by atoms with Crippen molar-refractivity contribution in [1.82, 2.24) is 15.5 Å². The first-order valence-electron chi connectivity index (χ1n) is 7.06. The second kappa shape index (κ2) is 7.16. The largest absolute Gasteiger partial charge is 0.355 e. The predicted octanol–water partition coefficient (Wildman–Crippen LogP) is 0.607.